The van der Waals surface area contributed by atoms with Crippen LogP contribution in [0.5, 0.6) is 0 Å². The van der Waals surface area contributed by atoms with Gasteiger partial charge in [-0.2, -0.15) is 0 Å². The predicted molar refractivity (Wildman–Crippen MR) is 101 cm³/mol. The van der Waals surface area contributed by atoms with Crippen molar-refractivity contribution in [2.45, 2.75) is 24.3 Å². The number of nitrogens with zero attached hydrogens (tertiary/aromatic N) is 3. The minimum absolute atomic E-state index is 0.269. The Labute approximate surface area is 159 Å². The van der Waals surface area contributed by atoms with Crippen molar-refractivity contribution in [1.82, 2.24) is 14.8 Å². The Morgan fingerprint density at radius 1 is 1.15 bits per heavy atom. The zero-order valence-electron chi connectivity index (χ0n) is 15.0. The number of carbonyl (C=O) groups is 1. The molecule has 0 aliphatic rings. The van der Waals surface area contributed by atoms with Crippen molar-refractivity contribution in [2.75, 3.05) is 5.32 Å². The van der Waals surface area contributed by atoms with E-state index in [2.05, 4.69) is 15.5 Å². The number of thioether (sulfide) groups is 1. The number of aryl methyl sites for hydroxylation is 1. The smallest absolute Gasteiger partial charge is 0.237 e. The summed E-state index contributed by atoms with van der Waals surface area (Å²) in [5, 5.41) is 11.0. The molecule has 27 heavy (non-hydrogen) atoms. The molecule has 1 aromatic heterocycles. The molecule has 1 unspecified atom stereocenters. The Balaban J connectivity index is 1.70. The average molecular weight is 388 g/mol. The van der Waals surface area contributed by atoms with E-state index in [1.807, 2.05) is 0 Å². The van der Waals surface area contributed by atoms with Gasteiger partial charge in [-0.3, -0.25) is 4.79 Å². The van der Waals surface area contributed by atoms with Gasteiger partial charge in [-0.15, -0.1) is 10.2 Å². The zero-order valence-corrected chi connectivity index (χ0v) is 15.8. The SMILES string of the molecule is Cc1ccc(NC(=O)C(C)Sc2nnc(-c3ccc(F)cc3)n2C)cc1F. The number of carbonyl (C=O) groups excluding carboxylic acids is 1. The highest BCUT2D eigenvalue weighted by Crippen LogP contribution is 2.26. The molecule has 3 rings (SSSR count). The largest absolute Gasteiger partial charge is 0.325 e. The molecule has 0 radical (unpaired) electrons. The number of anilines is 1. The van der Waals surface area contributed by atoms with Gasteiger partial charge >= 0.3 is 0 Å². The highest BCUT2D eigenvalue weighted by Gasteiger charge is 2.20. The van der Waals surface area contributed by atoms with Gasteiger partial charge in [0.25, 0.3) is 0 Å². The lowest BCUT2D eigenvalue weighted by Gasteiger charge is -2.12. The van der Waals surface area contributed by atoms with Gasteiger partial charge in [-0.05, 0) is 55.8 Å². The van der Waals surface area contributed by atoms with Crippen molar-refractivity contribution in [1.29, 1.82) is 0 Å². The number of hydrogen-bond acceptors (Lipinski definition) is 4. The van der Waals surface area contributed by atoms with E-state index in [0.29, 0.717) is 22.2 Å². The molecule has 3 aromatic rings. The monoisotopic (exact) mass is 388 g/mol. The topological polar surface area (TPSA) is 59.8 Å². The first-order valence-corrected chi connectivity index (χ1v) is 9.12. The second-order valence-corrected chi connectivity index (χ2v) is 7.39. The van der Waals surface area contributed by atoms with Crippen LogP contribution in [-0.4, -0.2) is 25.9 Å². The van der Waals surface area contributed by atoms with Gasteiger partial charge in [0.05, 0.1) is 5.25 Å². The summed E-state index contributed by atoms with van der Waals surface area (Å²) >= 11 is 1.23. The third-order valence-corrected chi connectivity index (χ3v) is 5.16. The lowest BCUT2D eigenvalue weighted by molar-refractivity contribution is -0.115. The second-order valence-electron chi connectivity index (χ2n) is 6.09. The summed E-state index contributed by atoms with van der Waals surface area (Å²) in [5.74, 6) is -0.390. The maximum atomic E-state index is 13.6. The van der Waals surface area contributed by atoms with Crippen molar-refractivity contribution in [3.63, 3.8) is 0 Å². The summed E-state index contributed by atoms with van der Waals surface area (Å²) in [6, 6.07) is 10.5. The van der Waals surface area contributed by atoms with E-state index in [9.17, 15) is 13.6 Å². The van der Waals surface area contributed by atoms with Crippen LogP contribution in [0.2, 0.25) is 0 Å². The minimum Gasteiger partial charge on any atom is -0.325 e. The summed E-state index contributed by atoms with van der Waals surface area (Å²) in [6.45, 7) is 3.39. The predicted octanol–water partition coefficient (Wildman–Crippen LogP) is 4.19. The first kappa shape index (κ1) is 19.0. The van der Waals surface area contributed by atoms with Crippen LogP contribution in [0.4, 0.5) is 14.5 Å². The van der Waals surface area contributed by atoms with Gasteiger partial charge in [0.15, 0.2) is 11.0 Å². The second kappa shape index (κ2) is 7.87. The van der Waals surface area contributed by atoms with E-state index in [4.69, 9.17) is 0 Å². The fourth-order valence-electron chi connectivity index (χ4n) is 2.39. The van der Waals surface area contributed by atoms with Crippen molar-refractivity contribution in [2.24, 2.45) is 7.05 Å². The molecule has 5 nitrogen and oxygen atoms in total. The Kier molecular flexibility index (Phi) is 5.55. The normalized spacial score (nSPS) is 12.0. The van der Waals surface area contributed by atoms with Gasteiger partial charge in [0, 0.05) is 18.3 Å². The molecule has 0 fully saturated rings. The molecule has 2 aromatic carbocycles. The molecule has 0 saturated carbocycles. The standard InChI is InChI=1S/C19H18F2N4OS/c1-11-4-9-15(10-16(11)21)22-18(26)12(2)27-19-24-23-17(25(19)3)13-5-7-14(20)8-6-13/h4-10,12H,1-3H3,(H,22,26). The molecule has 0 aliphatic heterocycles. The van der Waals surface area contributed by atoms with E-state index >= 15 is 0 Å². The van der Waals surface area contributed by atoms with Crippen LogP contribution in [0, 0.1) is 18.6 Å². The lowest BCUT2D eigenvalue weighted by Crippen LogP contribution is -2.23. The van der Waals surface area contributed by atoms with Crippen molar-refractivity contribution in [3.05, 3.63) is 59.7 Å². The third-order valence-electron chi connectivity index (χ3n) is 4.03. The summed E-state index contributed by atoms with van der Waals surface area (Å²) in [6.07, 6.45) is 0. The number of halogens is 2. The van der Waals surface area contributed by atoms with E-state index in [-0.39, 0.29) is 17.5 Å². The van der Waals surface area contributed by atoms with Gasteiger partial charge in [0.1, 0.15) is 11.6 Å². The Hall–Kier alpha value is -2.74. The van der Waals surface area contributed by atoms with E-state index in [1.165, 1.54) is 30.0 Å². The molecule has 1 N–H and O–H groups in total. The third kappa shape index (κ3) is 4.33. The first-order chi connectivity index (χ1) is 12.8. The van der Waals surface area contributed by atoms with Gasteiger partial charge in [0.2, 0.25) is 5.91 Å². The Bertz CT molecular complexity index is 972. The molecular weight excluding hydrogens is 370 g/mol. The lowest BCUT2D eigenvalue weighted by atomic mass is 10.2. The summed E-state index contributed by atoms with van der Waals surface area (Å²) < 4.78 is 28.4. The van der Waals surface area contributed by atoms with Crippen LogP contribution in [0.3, 0.4) is 0 Å². The van der Waals surface area contributed by atoms with E-state index in [1.54, 1.807) is 49.7 Å². The minimum atomic E-state index is -0.474. The number of aromatic nitrogens is 3. The highest BCUT2D eigenvalue weighted by atomic mass is 32.2. The molecule has 0 bridgehead atoms. The van der Waals surface area contributed by atoms with Crippen LogP contribution in [0.25, 0.3) is 11.4 Å². The van der Waals surface area contributed by atoms with Gasteiger partial charge in [-0.25, -0.2) is 8.78 Å². The Morgan fingerprint density at radius 2 is 1.85 bits per heavy atom. The molecule has 0 aliphatic carbocycles. The maximum absolute atomic E-state index is 13.6. The number of rotatable bonds is 5. The summed E-state index contributed by atoms with van der Waals surface area (Å²) in [7, 11) is 1.78. The maximum Gasteiger partial charge on any atom is 0.237 e. The molecule has 8 heteroatoms. The fourth-order valence-corrected chi connectivity index (χ4v) is 3.21. The van der Waals surface area contributed by atoms with Crippen LogP contribution in [-0.2, 0) is 11.8 Å². The molecule has 0 saturated heterocycles. The number of hydrogen-bond donors (Lipinski definition) is 1. The van der Waals surface area contributed by atoms with Crippen LogP contribution in [0.15, 0.2) is 47.6 Å². The summed E-state index contributed by atoms with van der Waals surface area (Å²) in [4.78, 5) is 12.4. The van der Waals surface area contributed by atoms with E-state index in [0.717, 1.165) is 5.56 Å². The number of benzene rings is 2. The number of nitrogens with one attached hydrogen (secondary N) is 1. The molecule has 1 heterocycles. The van der Waals surface area contributed by atoms with Crippen molar-refractivity contribution in [3.8, 4) is 11.4 Å². The molecule has 1 atom stereocenters. The average Bonchev–Trinajstić information content (AvgIpc) is 2.99. The first-order valence-electron chi connectivity index (χ1n) is 8.24. The van der Waals surface area contributed by atoms with Crippen molar-refractivity contribution < 1.29 is 13.6 Å². The summed E-state index contributed by atoms with van der Waals surface area (Å²) in [5.41, 5.74) is 1.65. The fraction of sp³-hybridized carbons (Fsp3) is 0.211. The van der Waals surface area contributed by atoms with Crippen LogP contribution >= 0.6 is 11.8 Å². The Morgan fingerprint density at radius 3 is 2.52 bits per heavy atom. The number of amides is 1. The quantitative estimate of drug-likeness (QED) is 0.666. The zero-order chi connectivity index (χ0) is 19.6. The van der Waals surface area contributed by atoms with Gasteiger partial charge < -0.3 is 9.88 Å². The van der Waals surface area contributed by atoms with Crippen LogP contribution in [0.1, 0.15) is 12.5 Å². The molecule has 0 spiro atoms. The van der Waals surface area contributed by atoms with Crippen molar-refractivity contribution >= 4 is 23.4 Å². The van der Waals surface area contributed by atoms with E-state index < -0.39 is 5.25 Å². The molecule has 140 valence electrons. The molecular formula is C19H18F2N4OS. The molecule has 1 amide bonds. The van der Waals surface area contributed by atoms with Gasteiger partial charge in [-0.1, -0.05) is 17.8 Å². The highest BCUT2D eigenvalue weighted by molar-refractivity contribution is 8.00. The van der Waals surface area contributed by atoms with Crippen LogP contribution < -0.4 is 5.32 Å².